The van der Waals surface area contributed by atoms with Gasteiger partial charge in [0.05, 0.1) is 12.8 Å². The molecule has 2 saturated heterocycles. The predicted octanol–water partition coefficient (Wildman–Crippen LogP) is 3.93. The SMILES string of the molecule is COC(=O)CC[C@H]1CN(Cc2ccccc2F)CC[C@H]1N1CCN(c2ccccc2F)CC1. The summed E-state index contributed by atoms with van der Waals surface area (Å²) in [6.07, 6.45) is 2.11. The number of anilines is 1. The highest BCUT2D eigenvalue weighted by Crippen LogP contribution is 2.30. The van der Waals surface area contributed by atoms with Crippen molar-refractivity contribution in [3.8, 4) is 0 Å². The van der Waals surface area contributed by atoms with E-state index >= 15 is 0 Å². The summed E-state index contributed by atoms with van der Waals surface area (Å²) < 4.78 is 33.3. The molecule has 2 heterocycles. The number of ether oxygens (including phenoxy) is 1. The Morgan fingerprint density at radius 1 is 0.970 bits per heavy atom. The van der Waals surface area contributed by atoms with Crippen LogP contribution in [0.2, 0.25) is 0 Å². The number of esters is 1. The van der Waals surface area contributed by atoms with Crippen LogP contribution in [0, 0.1) is 17.6 Å². The molecule has 2 atom stereocenters. The second kappa shape index (κ2) is 11.1. The van der Waals surface area contributed by atoms with Crippen LogP contribution in [0.3, 0.4) is 0 Å². The minimum atomic E-state index is -0.190. The Bertz CT molecular complexity index is 933. The maximum atomic E-state index is 14.2. The van der Waals surface area contributed by atoms with Crippen LogP contribution in [0.1, 0.15) is 24.8 Å². The molecule has 178 valence electrons. The topological polar surface area (TPSA) is 36.0 Å². The van der Waals surface area contributed by atoms with Gasteiger partial charge in [-0.05, 0) is 43.5 Å². The van der Waals surface area contributed by atoms with E-state index in [-0.39, 0.29) is 17.6 Å². The maximum Gasteiger partial charge on any atom is 0.305 e. The first-order valence-electron chi connectivity index (χ1n) is 11.8. The van der Waals surface area contributed by atoms with Crippen molar-refractivity contribution in [1.82, 2.24) is 9.80 Å². The van der Waals surface area contributed by atoms with Crippen LogP contribution in [0.5, 0.6) is 0 Å². The summed E-state index contributed by atoms with van der Waals surface area (Å²) in [6.45, 7) is 5.57. The fourth-order valence-electron chi connectivity index (χ4n) is 5.28. The Kier molecular flexibility index (Phi) is 7.93. The van der Waals surface area contributed by atoms with Gasteiger partial charge in [0, 0.05) is 57.3 Å². The van der Waals surface area contributed by atoms with E-state index < -0.39 is 0 Å². The molecule has 2 aromatic rings. The van der Waals surface area contributed by atoms with Crippen LogP contribution in [0.15, 0.2) is 48.5 Å². The molecule has 0 saturated carbocycles. The minimum Gasteiger partial charge on any atom is -0.469 e. The lowest BCUT2D eigenvalue weighted by Gasteiger charge is -2.47. The van der Waals surface area contributed by atoms with Crippen LogP contribution in [0.4, 0.5) is 14.5 Å². The molecule has 0 bridgehead atoms. The number of piperazine rings is 1. The minimum absolute atomic E-state index is 0.171. The zero-order chi connectivity index (χ0) is 23.2. The normalized spacial score (nSPS) is 22.3. The summed E-state index contributed by atoms with van der Waals surface area (Å²) >= 11 is 0. The smallest absolute Gasteiger partial charge is 0.305 e. The number of carbonyl (C=O) groups excluding carboxylic acids is 1. The van der Waals surface area contributed by atoms with Crippen LogP contribution < -0.4 is 4.90 Å². The van der Waals surface area contributed by atoms with Crippen molar-refractivity contribution in [2.45, 2.75) is 31.8 Å². The van der Waals surface area contributed by atoms with Gasteiger partial charge in [0.2, 0.25) is 0 Å². The molecule has 7 heteroatoms. The Morgan fingerprint density at radius 2 is 1.67 bits per heavy atom. The lowest BCUT2D eigenvalue weighted by molar-refractivity contribution is -0.141. The number of methoxy groups -OCH3 is 1. The third-order valence-corrected chi connectivity index (χ3v) is 7.05. The third kappa shape index (κ3) is 5.89. The fraction of sp³-hybridized carbons (Fsp3) is 0.500. The number of likely N-dealkylation sites (tertiary alicyclic amines) is 1. The average molecular weight is 458 g/mol. The monoisotopic (exact) mass is 457 g/mol. The predicted molar refractivity (Wildman–Crippen MR) is 125 cm³/mol. The number of piperidine rings is 1. The number of carbonyl (C=O) groups is 1. The molecule has 0 aromatic heterocycles. The molecule has 2 fully saturated rings. The molecule has 0 spiro atoms. The number of benzene rings is 2. The summed E-state index contributed by atoms with van der Waals surface area (Å²) in [5.41, 5.74) is 1.38. The molecular formula is C26H33F2N3O2. The van der Waals surface area contributed by atoms with Crippen molar-refractivity contribution in [3.63, 3.8) is 0 Å². The first-order chi connectivity index (χ1) is 16.0. The van der Waals surface area contributed by atoms with Crippen molar-refractivity contribution >= 4 is 11.7 Å². The van der Waals surface area contributed by atoms with E-state index in [9.17, 15) is 13.6 Å². The van der Waals surface area contributed by atoms with Crippen molar-refractivity contribution in [2.24, 2.45) is 5.92 Å². The molecule has 0 amide bonds. The lowest BCUT2D eigenvalue weighted by Crippen LogP contribution is -2.56. The molecule has 0 radical (unpaired) electrons. The Balaban J connectivity index is 1.40. The van der Waals surface area contributed by atoms with Gasteiger partial charge in [-0.15, -0.1) is 0 Å². The molecule has 2 aliphatic heterocycles. The molecule has 5 nitrogen and oxygen atoms in total. The first kappa shape index (κ1) is 23.6. The lowest BCUT2D eigenvalue weighted by atomic mass is 9.86. The zero-order valence-electron chi connectivity index (χ0n) is 19.3. The number of rotatable bonds is 7. The largest absolute Gasteiger partial charge is 0.469 e. The third-order valence-electron chi connectivity index (χ3n) is 7.05. The van der Waals surface area contributed by atoms with E-state index in [4.69, 9.17) is 4.74 Å². The summed E-state index contributed by atoms with van der Waals surface area (Å²) in [5, 5.41) is 0. The highest BCUT2D eigenvalue weighted by atomic mass is 19.1. The molecule has 2 aromatic carbocycles. The van der Waals surface area contributed by atoms with Gasteiger partial charge in [0.1, 0.15) is 11.6 Å². The summed E-state index contributed by atoms with van der Waals surface area (Å²) in [6, 6.07) is 14.2. The van der Waals surface area contributed by atoms with Gasteiger partial charge in [-0.1, -0.05) is 30.3 Å². The standard InChI is InChI=1S/C26H33F2N3O2/c1-33-26(32)11-10-21-19-29(18-20-6-2-3-7-22(20)27)13-12-24(21)30-14-16-31(17-15-30)25-9-5-4-8-23(25)28/h2-9,21,24H,10-19H2,1H3/t21-,24+/m0/s1. The van der Waals surface area contributed by atoms with Gasteiger partial charge < -0.3 is 9.64 Å². The zero-order valence-corrected chi connectivity index (χ0v) is 19.3. The quantitative estimate of drug-likeness (QED) is 0.589. The van der Waals surface area contributed by atoms with Gasteiger partial charge in [-0.2, -0.15) is 0 Å². The summed E-state index contributed by atoms with van der Waals surface area (Å²) in [5.74, 6) is -0.243. The number of halogens is 2. The van der Waals surface area contributed by atoms with Crippen LogP contribution >= 0.6 is 0 Å². The van der Waals surface area contributed by atoms with E-state index in [2.05, 4.69) is 14.7 Å². The fourth-order valence-corrected chi connectivity index (χ4v) is 5.28. The number of hydrogen-bond acceptors (Lipinski definition) is 5. The molecule has 0 N–H and O–H groups in total. The second-order valence-electron chi connectivity index (χ2n) is 9.03. The van der Waals surface area contributed by atoms with E-state index in [1.807, 2.05) is 24.3 Å². The van der Waals surface area contributed by atoms with Gasteiger partial charge in [-0.25, -0.2) is 8.78 Å². The van der Waals surface area contributed by atoms with Gasteiger partial charge in [-0.3, -0.25) is 14.6 Å². The van der Waals surface area contributed by atoms with E-state index in [0.29, 0.717) is 36.2 Å². The highest BCUT2D eigenvalue weighted by Gasteiger charge is 2.35. The van der Waals surface area contributed by atoms with Crippen LogP contribution in [0.25, 0.3) is 0 Å². The summed E-state index contributed by atoms with van der Waals surface area (Å²) in [7, 11) is 1.42. The van der Waals surface area contributed by atoms with Crippen molar-refractivity contribution in [2.75, 3.05) is 51.3 Å². The van der Waals surface area contributed by atoms with Crippen LogP contribution in [-0.4, -0.2) is 68.2 Å². The second-order valence-corrected chi connectivity index (χ2v) is 9.03. The number of para-hydroxylation sites is 1. The van der Waals surface area contributed by atoms with Gasteiger partial charge >= 0.3 is 5.97 Å². The van der Waals surface area contributed by atoms with E-state index in [1.165, 1.54) is 19.2 Å². The Hall–Kier alpha value is -2.51. The molecule has 0 unspecified atom stereocenters. The molecule has 33 heavy (non-hydrogen) atoms. The maximum absolute atomic E-state index is 14.2. The van der Waals surface area contributed by atoms with Crippen LogP contribution in [-0.2, 0) is 16.1 Å². The highest BCUT2D eigenvalue weighted by molar-refractivity contribution is 5.69. The van der Waals surface area contributed by atoms with Gasteiger partial charge in [0.25, 0.3) is 0 Å². The van der Waals surface area contributed by atoms with Crippen molar-refractivity contribution in [3.05, 3.63) is 65.7 Å². The number of hydrogen-bond donors (Lipinski definition) is 0. The van der Waals surface area contributed by atoms with E-state index in [1.54, 1.807) is 12.1 Å². The molecule has 2 aliphatic rings. The summed E-state index contributed by atoms with van der Waals surface area (Å²) in [4.78, 5) is 18.8. The van der Waals surface area contributed by atoms with Crippen molar-refractivity contribution < 1.29 is 18.3 Å². The average Bonchev–Trinajstić information content (AvgIpc) is 2.84. The van der Waals surface area contributed by atoms with Crippen molar-refractivity contribution in [1.29, 1.82) is 0 Å². The number of nitrogens with zero attached hydrogens (tertiary/aromatic N) is 3. The molecular weight excluding hydrogens is 424 g/mol. The van der Waals surface area contributed by atoms with E-state index in [0.717, 1.165) is 52.1 Å². The van der Waals surface area contributed by atoms with Gasteiger partial charge in [0.15, 0.2) is 0 Å². The molecule has 0 aliphatic carbocycles. The Labute approximate surface area is 194 Å². The Morgan fingerprint density at radius 3 is 2.36 bits per heavy atom. The molecule has 4 rings (SSSR count). The first-order valence-corrected chi connectivity index (χ1v) is 11.8.